The van der Waals surface area contributed by atoms with Gasteiger partial charge in [-0.25, -0.2) is 9.94 Å². The van der Waals surface area contributed by atoms with Crippen LogP contribution in [-0.2, 0) is 4.79 Å². The number of hydrazone groups is 1. The van der Waals surface area contributed by atoms with Crippen LogP contribution >= 0.6 is 0 Å². The average molecular weight is 351 g/mol. The minimum absolute atomic E-state index is 0.175. The second-order valence-corrected chi connectivity index (χ2v) is 6.06. The Balaban J connectivity index is 1.98. The molecule has 0 unspecified atom stereocenters. The number of hydrogen-bond acceptors (Lipinski definition) is 5. The molecule has 0 saturated carbocycles. The first kappa shape index (κ1) is 17.6. The number of likely N-dealkylation sites (N-methyl/N-ethyl adjacent to an activating group) is 1. The fraction of sp³-hybridized carbons (Fsp3) is 0.211. The number of nitrogens with one attached hydrogen (secondary N) is 1. The van der Waals surface area contributed by atoms with Gasteiger partial charge < -0.3 is 9.64 Å². The highest BCUT2D eigenvalue weighted by atomic mass is 16.5. The predicted octanol–water partition coefficient (Wildman–Crippen LogP) is 2.02. The number of benzene rings is 1. The molecule has 0 radical (unpaired) electrons. The summed E-state index contributed by atoms with van der Waals surface area (Å²) in [4.78, 5) is 13.6. The number of nitrogens with zero attached hydrogens (tertiary/aromatic N) is 4. The average Bonchev–Trinajstić information content (AvgIpc) is 3.00. The minimum atomic E-state index is -0.175. The molecule has 7 heteroatoms. The Hall–Kier alpha value is -3.19. The number of pyridine rings is 1. The molecule has 3 aromatic rings. The van der Waals surface area contributed by atoms with E-state index in [1.807, 2.05) is 62.8 Å². The highest BCUT2D eigenvalue weighted by Crippen LogP contribution is 2.27. The van der Waals surface area contributed by atoms with Gasteiger partial charge in [-0.1, -0.05) is 18.2 Å². The third-order valence-corrected chi connectivity index (χ3v) is 3.76. The van der Waals surface area contributed by atoms with Crippen molar-refractivity contribution < 1.29 is 9.53 Å². The normalized spacial score (nSPS) is 11.4. The lowest BCUT2D eigenvalue weighted by molar-refractivity contribution is -0.121. The van der Waals surface area contributed by atoms with Gasteiger partial charge in [0.1, 0.15) is 11.4 Å². The summed E-state index contributed by atoms with van der Waals surface area (Å²) < 4.78 is 7.10. The van der Waals surface area contributed by atoms with Gasteiger partial charge in [-0.15, -0.1) is 0 Å². The molecule has 7 nitrogen and oxygen atoms in total. The first-order chi connectivity index (χ1) is 12.6. The summed E-state index contributed by atoms with van der Waals surface area (Å²) >= 11 is 0. The van der Waals surface area contributed by atoms with E-state index in [0.29, 0.717) is 0 Å². The number of rotatable bonds is 6. The summed E-state index contributed by atoms with van der Waals surface area (Å²) in [6, 6.07) is 13.5. The first-order valence-corrected chi connectivity index (χ1v) is 8.17. The summed E-state index contributed by atoms with van der Waals surface area (Å²) in [5.41, 5.74) is 5.94. The third-order valence-electron chi connectivity index (χ3n) is 3.76. The van der Waals surface area contributed by atoms with Gasteiger partial charge in [0.2, 0.25) is 0 Å². The first-order valence-electron chi connectivity index (χ1n) is 8.17. The lowest BCUT2D eigenvalue weighted by atomic mass is 10.1. The smallest absolute Gasteiger partial charge is 0.254 e. The molecule has 3 rings (SSSR count). The van der Waals surface area contributed by atoms with Crippen LogP contribution in [0.15, 0.2) is 53.8 Å². The Kier molecular flexibility index (Phi) is 5.28. The fourth-order valence-electron chi connectivity index (χ4n) is 2.62. The van der Waals surface area contributed by atoms with Gasteiger partial charge in [0.05, 0.1) is 25.4 Å². The standard InChI is InChI=1S/C19H21N5O2/c1-23(2)13-18(25)21-20-12-16-17-9-4-5-10-24(17)22-19(16)14-7-6-8-15(11-14)26-3/h4-12H,13H2,1-3H3,(H,21,25). The Labute approximate surface area is 151 Å². The molecule has 2 heterocycles. The van der Waals surface area contributed by atoms with Crippen LogP contribution in [-0.4, -0.2) is 54.4 Å². The van der Waals surface area contributed by atoms with E-state index in [4.69, 9.17) is 4.74 Å². The van der Waals surface area contributed by atoms with Crippen LogP contribution in [0.4, 0.5) is 0 Å². The fourth-order valence-corrected chi connectivity index (χ4v) is 2.62. The second-order valence-electron chi connectivity index (χ2n) is 6.06. The van der Waals surface area contributed by atoms with E-state index in [9.17, 15) is 4.79 Å². The van der Waals surface area contributed by atoms with Crippen molar-refractivity contribution in [1.82, 2.24) is 19.9 Å². The molecule has 0 atom stereocenters. The molecular weight excluding hydrogens is 330 g/mol. The molecule has 0 bridgehead atoms. The molecular formula is C19H21N5O2. The summed E-state index contributed by atoms with van der Waals surface area (Å²) in [6.07, 6.45) is 3.51. The molecule has 0 aliphatic carbocycles. The molecule has 1 aromatic carbocycles. The van der Waals surface area contributed by atoms with E-state index >= 15 is 0 Å². The van der Waals surface area contributed by atoms with Crippen molar-refractivity contribution in [1.29, 1.82) is 0 Å². The van der Waals surface area contributed by atoms with Crippen LogP contribution < -0.4 is 10.2 Å². The van der Waals surface area contributed by atoms with Crippen molar-refractivity contribution in [2.45, 2.75) is 0 Å². The van der Waals surface area contributed by atoms with E-state index in [1.54, 1.807) is 22.7 Å². The van der Waals surface area contributed by atoms with Crippen molar-refractivity contribution in [3.63, 3.8) is 0 Å². The summed E-state index contributed by atoms with van der Waals surface area (Å²) in [5, 5.41) is 8.76. The van der Waals surface area contributed by atoms with Crippen LogP contribution in [0.2, 0.25) is 0 Å². The van der Waals surface area contributed by atoms with E-state index in [1.165, 1.54) is 0 Å². The molecule has 1 amide bonds. The topological polar surface area (TPSA) is 71.2 Å². The minimum Gasteiger partial charge on any atom is -0.497 e. The maximum absolute atomic E-state index is 11.8. The third kappa shape index (κ3) is 3.89. The molecule has 0 saturated heterocycles. The number of hydrogen-bond donors (Lipinski definition) is 1. The maximum Gasteiger partial charge on any atom is 0.254 e. The van der Waals surface area contributed by atoms with Crippen molar-refractivity contribution >= 4 is 17.6 Å². The van der Waals surface area contributed by atoms with Crippen molar-refractivity contribution in [3.8, 4) is 17.0 Å². The molecule has 0 aliphatic heterocycles. The zero-order valence-electron chi connectivity index (χ0n) is 15.0. The number of methoxy groups -OCH3 is 1. The van der Waals surface area contributed by atoms with Gasteiger partial charge in [0.15, 0.2) is 0 Å². The Morgan fingerprint density at radius 3 is 2.92 bits per heavy atom. The van der Waals surface area contributed by atoms with Gasteiger partial charge >= 0.3 is 0 Å². The highest BCUT2D eigenvalue weighted by Gasteiger charge is 2.13. The molecule has 134 valence electrons. The van der Waals surface area contributed by atoms with Crippen molar-refractivity contribution in [2.75, 3.05) is 27.7 Å². The van der Waals surface area contributed by atoms with Crippen LogP contribution in [0.1, 0.15) is 5.56 Å². The summed E-state index contributed by atoms with van der Waals surface area (Å²) in [6.45, 7) is 0.273. The molecule has 0 aliphatic rings. The van der Waals surface area contributed by atoms with Crippen LogP contribution in [0.3, 0.4) is 0 Å². The van der Waals surface area contributed by atoms with E-state index < -0.39 is 0 Å². The van der Waals surface area contributed by atoms with Gasteiger partial charge in [-0.2, -0.15) is 10.2 Å². The van der Waals surface area contributed by atoms with Gasteiger partial charge in [-0.05, 0) is 38.4 Å². The molecule has 2 aromatic heterocycles. The zero-order chi connectivity index (χ0) is 18.5. The Bertz CT molecular complexity index is 946. The quantitative estimate of drug-likeness (QED) is 0.545. The molecule has 1 N–H and O–H groups in total. The van der Waals surface area contributed by atoms with E-state index in [2.05, 4.69) is 15.6 Å². The van der Waals surface area contributed by atoms with Gasteiger partial charge in [-0.3, -0.25) is 4.79 Å². The van der Waals surface area contributed by atoms with E-state index in [0.717, 1.165) is 28.1 Å². The highest BCUT2D eigenvalue weighted by molar-refractivity contribution is 5.97. The van der Waals surface area contributed by atoms with Crippen molar-refractivity contribution in [3.05, 3.63) is 54.2 Å². The van der Waals surface area contributed by atoms with Crippen molar-refractivity contribution in [2.24, 2.45) is 5.10 Å². The second kappa shape index (κ2) is 7.79. The lowest BCUT2D eigenvalue weighted by Crippen LogP contribution is -2.30. The summed E-state index contributed by atoms with van der Waals surface area (Å²) in [7, 11) is 5.29. The van der Waals surface area contributed by atoms with E-state index in [-0.39, 0.29) is 12.5 Å². The largest absolute Gasteiger partial charge is 0.497 e. The zero-order valence-corrected chi connectivity index (χ0v) is 15.0. The number of aromatic nitrogens is 2. The number of fused-ring (bicyclic) bond motifs is 1. The molecule has 0 fully saturated rings. The Morgan fingerprint density at radius 2 is 2.15 bits per heavy atom. The number of carbonyl (C=O) groups is 1. The molecule has 26 heavy (non-hydrogen) atoms. The predicted molar refractivity (Wildman–Crippen MR) is 101 cm³/mol. The number of ether oxygens (including phenoxy) is 1. The van der Waals surface area contributed by atoms with Crippen LogP contribution in [0, 0.1) is 0 Å². The number of amides is 1. The van der Waals surface area contributed by atoms with Gasteiger partial charge in [0, 0.05) is 17.3 Å². The van der Waals surface area contributed by atoms with Crippen LogP contribution in [0.5, 0.6) is 5.75 Å². The Morgan fingerprint density at radius 1 is 1.31 bits per heavy atom. The number of carbonyl (C=O) groups excluding carboxylic acids is 1. The van der Waals surface area contributed by atoms with Crippen LogP contribution in [0.25, 0.3) is 16.8 Å². The lowest BCUT2D eigenvalue weighted by Gasteiger charge is -2.06. The summed E-state index contributed by atoms with van der Waals surface area (Å²) in [5.74, 6) is 0.576. The monoisotopic (exact) mass is 351 g/mol. The molecule has 0 spiro atoms. The maximum atomic E-state index is 11.8. The SMILES string of the molecule is COc1cccc(-c2nn3ccccc3c2C=NNC(=O)CN(C)C)c1. The van der Waals surface area contributed by atoms with Gasteiger partial charge in [0.25, 0.3) is 5.91 Å².